The van der Waals surface area contributed by atoms with Crippen molar-refractivity contribution in [2.24, 2.45) is 0 Å². The van der Waals surface area contributed by atoms with Gasteiger partial charge in [-0.3, -0.25) is 14.5 Å². The molecular weight excluding hydrogens is 320 g/mol. The molecule has 0 aromatic carbocycles. The van der Waals surface area contributed by atoms with Gasteiger partial charge in [-0.15, -0.1) is 23.1 Å². The molecule has 1 aliphatic heterocycles. The van der Waals surface area contributed by atoms with Gasteiger partial charge < -0.3 is 10.0 Å². The zero-order valence-corrected chi connectivity index (χ0v) is 14.6. The number of hydrogen-bond acceptors (Lipinski definition) is 5. The second kappa shape index (κ2) is 7.99. The molecule has 122 valence electrons. The lowest BCUT2D eigenvalue weighted by molar-refractivity contribution is -0.138. The predicted octanol–water partition coefficient (Wildman–Crippen LogP) is 2.48. The van der Waals surface area contributed by atoms with Gasteiger partial charge in [0.05, 0.1) is 6.54 Å². The summed E-state index contributed by atoms with van der Waals surface area (Å²) in [6.45, 7) is 1.50. The fourth-order valence-electron chi connectivity index (χ4n) is 2.82. The van der Waals surface area contributed by atoms with Crippen molar-refractivity contribution in [1.82, 2.24) is 9.80 Å². The monoisotopic (exact) mass is 342 g/mol. The molecule has 1 aliphatic rings. The van der Waals surface area contributed by atoms with Crippen molar-refractivity contribution in [2.75, 3.05) is 32.9 Å². The molecule has 0 spiro atoms. The van der Waals surface area contributed by atoms with Gasteiger partial charge in [-0.05, 0) is 44.0 Å². The van der Waals surface area contributed by atoms with Gasteiger partial charge in [0.25, 0.3) is 5.91 Å². The number of carbonyl (C=O) groups is 2. The third-order valence-electron chi connectivity index (χ3n) is 4.04. The molecule has 1 aromatic rings. The van der Waals surface area contributed by atoms with E-state index in [1.54, 1.807) is 11.8 Å². The Balaban J connectivity index is 1.98. The summed E-state index contributed by atoms with van der Waals surface area (Å²) in [4.78, 5) is 29.2. The molecule has 1 atom stereocenters. The summed E-state index contributed by atoms with van der Waals surface area (Å²) in [5, 5.41) is 10.9. The Morgan fingerprint density at radius 1 is 1.45 bits per heavy atom. The summed E-state index contributed by atoms with van der Waals surface area (Å²) in [6.07, 6.45) is 4.67. The van der Waals surface area contributed by atoms with E-state index >= 15 is 0 Å². The summed E-state index contributed by atoms with van der Waals surface area (Å²) in [7, 11) is 1.85. The second-order valence-electron chi connectivity index (χ2n) is 5.50. The van der Waals surface area contributed by atoms with Crippen LogP contribution in [-0.4, -0.2) is 65.8 Å². The Kier molecular flexibility index (Phi) is 6.28. The van der Waals surface area contributed by atoms with Crippen molar-refractivity contribution in [3.05, 3.63) is 16.3 Å². The van der Waals surface area contributed by atoms with E-state index in [-0.39, 0.29) is 18.5 Å². The molecule has 1 unspecified atom stereocenters. The lowest BCUT2D eigenvalue weighted by Crippen LogP contribution is -2.37. The predicted molar refractivity (Wildman–Crippen MR) is 89.9 cm³/mol. The molecule has 1 fully saturated rings. The van der Waals surface area contributed by atoms with E-state index in [2.05, 4.69) is 0 Å². The van der Waals surface area contributed by atoms with Crippen LogP contribution >= 0.6 is 23.1 Å². The molecule has 22 heavy (non-hydrogen) atoms. The number of amides is 1. The lowest BCUT2D eigenvalue weighted by atomic mass is 10.1. The minimum absolute atomic E-state index is 0.0557. The van der Waals surface area contributed by atoms with E-state index in [1.165, 1.54) is 11.3 Å². The fraction of sp³-hybridized carbons (Fsp3) is 0.600. The number of carboxylic acid groups (broad SMARTS) is 1. The Morgan fingerprint density at radius 3 is 2.91 bits per heavy atom. The highest BCUT2D eigenvalue weighted by atomic mass is 32.2. The smallest absolute Gasteiger partial charge is 0.317 e. The van der Waals surface area contributed by atoms with Gasteiger partial charge in [-0.1, -0.05) is 0 Å². The maximum atomic E-state index is 12.7. The van der Waals surface area contributed by atoms with Crippen molar-refractivity contribution in [1.29, 1.82) is 0 Å². The molecule has 2 rings (SSSR count). The molecule has 0 saturated carbocycles. The summed E-state index contributed by atoms with van der Waals surface area (Å²) < 4.78 is 0. The number of likely N-dealkylation sites (N-methyl/N-ethyl adjacent to an activating group) is 1. The summed E-state index contributed by atoms with van der Waals surface area (Å²) in [6, 6.07) is 2.22. The lowest BCUT2D eigenvalue weighted by Gasteiger charge is -2.25. The topological polar surface area (TPSA) is 60.9 Å². The molecule has 0 aliphatic carbocycles. The molecule has 0 radical (unpaired) electrons. The Morgan fingerprint density at radius 2 is 2.23 bits per heavy atom. The first-order valence-corrected chi connectivity index (χ1v) is 9.46. The molecule has 0 bridgehead atoms. The van der Waals surface area contributed by atoms with Crippen LogP contribution in [0.1, 0.15) is 28.9 Å². The molecular formula is C15H22N2O3S2. The highest BCUT2D eigenvalue weighted by Gasteiger charge is 2.26. The number of aliphatic carboxylic acids is 1. The largest absolute Gasteiger partial charge is 0.480 e. The van der Waals surface area contributed by atoms with Crippen LogP contribution in [-0.2, 0) is 4.79 Å². The highest BCUT2D eigenvalue weighted by molar-refractivity contribution is 7.98. The van der Waals surface area contributed by atoms with Crippen molar-refractivity contribution >= 4 is 35.0 Å². The van der Waals surface area contributed by atoms with Crippen LogP contribution in [0, 0.1) is 0 Å². The van der Waals surface area contributed by atoms with Crippen LogP contribution < -0.4 is 0 Å². The minimum atomic E-state index is -0.803. The van der Waals surface area contributed by atoms with Gasteiger partial charge in [0.1, 0.15) is 4.88 Å². The molecule has 1 aromatic heterocycles. The van der Waals surface area contributed by atoms with Gasteiger partial charge in [-0.2, -0.15) is 0 Å². The van der Waals surface area contributed by atoms with Crippen molar-refractivity contribution in [3.63, 3.8) is 0 Å². The van der Waals surface area contributed by atoms with Gasteiger partial charge in [-0.25, -0.2) is 0 Å². The Labute approximate surface area is 139 Å². The van der Waals surface area contributed by atoms with Crippen molar-refractivity contribution in [2.45, 2.75) is 30.2 Å². The first-order valence-electron chi connectivity index (χ1n) is 7.35. The van der Waals surface area contributed by atoms with Crippen LogP contribution in [0.5, 0.6) is 0 Å². The zero-order valence-electron chi connectivity index (χ0n) is 12.9. The number of rotatable bonds is 5. The Bertz CT molecular complexity index is 533. The third kappa shape index (κ3) is 4.24. The van der Waals surface area contributed by atoms with Gasteiger partial charge in [0.15, 0.2) is 0 Å². The van der Waals surface area contributed by atoms with E-state index < -0.39 is 5.97 Å². The van der Waals surface area contributed by atoms with Crippen LogP contribution in [0.4, 0.5) is 0 Å². The van der Waals surface area contributed by atoms with Crippen LogP contribution in [0.2, 0.25) is 0 Å². The molecule has 7 heteroatoms. The molecule has 5 nitrogen and oxygen atoms in total. The number of hydrogen-bond donors (Lipinski definition) is 1. The van der Waals surface area contributed by atoms with Gasteiger partial charge in [0.2, 0.25) is 0 Å². The second-order valence-corrected chi connectivity index (χ2v) is 7.27. The minimum Gasteiger partial charge on any atom is -0.480 e. The number of nitrogens with zero attached hydrogens (tertiary/aromatic N) is 2. The number of thiophene rings is 1. The average Bonchev–Trinajstić information content (AvgIpc) is 2.81. The first-order chi connectivity index (χ1) is 10.5. The number of likely N-dealkylation sites (tertiary alicyclic amines) is 1. The number of thioether (sulfide) groups is 1. The van der Waals surface area contributed by atoms with Gasteiger partial charge >= 0.3 is 5.97 Å². The highest BCUT2D eigenvalue weighted by Crippen LogP contribution is 2.28. The maximum Gasteiger partial charge on any atom is 0.317 e. The molecule has 1 saturated heterocycles. The fourth-order valence-corrected chi connectivity index (χ4v) is 4.53. The van der Waals surface area contributed by atoms with Gasteiger partial charge in [0, 0.05) is 24.0 Å². The first kappa shape index (κ1) is 17.3. The quantitative estimate of drug-likeness (QED) is 0.833. The van der Waals surface area contributed by atoms with E-state index in [1.807, 2.05) is 34.5 Å². The molecule has 1 amide bonds. The Hall–Kier alpha value is -1.05. The van der Waals surface area contributed by atoms with E-state index in [9.17, 15) is 9.59 Å². The van der Waals surface area contributed by atoms with Crippen molar-refractivity contribution < 1.29 is 14.7 Å². The van der Waals surface area contributed by atoms with Crippen LogP contribution in [0.25, 0.3) is 0 Å². The van der Waals surface area contributed by atoms with E-state index in [0.29, 0.717) is 6.54 Å². The average molecular weight is 342 g/mol. The maximum absolute atomic E-state index is 12.7. The molecule has 2 heterocycles. The van der Waals surface area contributed by atoms with E-state index in [4.69, 9.17) is 5.11 Å². The standard InChI is InChI=1S/C15H22N2O3S2/c1-16(10-13(18)19)11-4-3-7-17(8-5-11)15(20)14-12(21-2)6-9-22-14/h6,9,11H,3-5,7-8,10H2,1-2H3,(H,18,19). The molecule has 1 N–H and O–H groups in total. The van der Waals surface area contributed by atoms with E-state index in [0.717, 1.165) is 35.6 Å². The van der Waals surface area contributed by atoms with Crippen LogP contribution in [0.15, 0.2) is 16.3 Å². The van der Waals surface area contributed by atoms with Crippen molar-refractivity contribution in [3.8, 4) is 0 Å². The normalized spacial score (nSPS) is 19.2. The number of carboxylic acids is 1. The summed E-state index contributed by atoms with van der Waals surface area (Å²) >= 11 is 3.10. The summed E-state index contributed by atoms with van der Waals surface area (Å²) in [5.41, 5.74) is 0. The SMILES string of the molecule is CSc1ccsc1C(=O)N1CCCC(N(C)CC(=O)O)CC1. The zero-order chi connectivity index (χ0) is 16.1. The number of carbonyl (C=O) groups excluding carboxylic acids is 1. The van der Waals surface area contributed by atoms with Crippen LogP contribution in [0.3, 0.4) is 0 Å². The third-order valence-corrected chi connectivity index (χ3v) is 5.85. The summed E-state index contributed by atoms with van der Waals surface area (Å²) in [5.74, 6) is -0.691.